The molecule has 0 bridgehead atoms. The molecule has 1 fully saturated rings. The van der Waals surface area contributed by atoms with E-state index in [0.717, 1.165) is 36.4 Å². The molecule has 0 saturated carbocycles. The first-order valence-electron chi connectivity index (χ1n) is 8.90. The lowest BCUT2D eigenvalue weighted by atomic mass is 10.2. The Hall–Kier alpha value is -2.22. The Labute approximate surface area is 166 Å². The highest BCUT2D eigenvalue weighted by atomic mass is 32.1. The largest absolute Gasteiger partial charge is 0.497 e. The number of likely N-dealkylation sites (tertiary alicyclic amines) is 1. The van der Waals surface area contributed by atoms with E-state index < -0.39 is 0 Å². The molecule has 1 atom stereocenters. The smallest absolute Gasteiger partial charge is 0.240 e. The number of ether oxygens (including phenoxy) is 1. The van der Waals surface area contributed by atoms with Gasteiger partial charge >= 0.3 is 0 Å². The highest BCUT2D eigenvalue weighted by Gasteiger charge is 2.28. The van der Waals surface area contributed by atoms with Crippen molar-refractivity contribution in [3.05, 3.63) is 52.0 Å². The van der Waals surface area contributed by atoms with Crippen LogP contribution < -0.4 is 10.1 Å². The number of thiophene rings is 1. The van der Waals surface area contributed by atoms with Gasteiger partial charge in [0.05, 0.1) is 19.3 Å². The minimum absolute atomic E-state index is 0.00547. The third-order valence-corrected chi connectivity index (χ3v) is 6.45. The van der Waals surface area contributed by atoms with E-state index in [2.05, 4.69) is 32.7 Å². The van der Waals surface area contributed by atoms with Crippen molar-refractivity contribution >= 4 is 33.7 Å². The first-order chi connectivity index (χ1) is 13.2. The molecule has 4 rings (SSSR count). The van der Waals surface area contributed by atoms with Gasteiger partial charge in [0, 0.05) is 21.9 Å². The predicted octanol–water partition coefficient (Wildman–Crippen LogP) is 4.66. The first-order valence-corrected chi connectivity index (χ1v) is 10.7. The fraction of sp³-hybridized carbons (Fsp3) is 0.300. The number of carbonyl (C=O) groups excluding carboxylic acids is 1. The van der Waals surface area contributed by atoms with Gasteiger partial charge in [-0.15, -0.1) is 22.7 Å². The van der Waals surface area contributed by atoms with Gasteiger partial charge in [-0.3, -0.25) is 9.69 Å². The van der Waals surface area contributed by atoms with Gasteiger partial charge in [-0.2, -0.15) is 0 Å². The van der Waals surface area contributed by atoms with Crippen molar-refractivity contribution in [1.29, 1.82) is 0 Å². The van der Waals surface area contributed by atoms with Crippen LogP contribution in [0.3, 0.4) is 0 Å². The third-order valence-electron chi connectivity index (χ3n) is 4.72. The number of aromatic nitrogens is 1. The fourth-order valence-corrected chi connectivity index (χ4v) is 5.02. The molecule has 140 valence electrons. The van der Waals surface area contributed by atoms with E-state index in [-0.39, 0.29) is 5.91 Å². The molecule has 5 nitrogen and oxygen atoms in total. The second kappa shape index (κ2) is 8.21. The van der Waals surface area contributed by atoms with Crippen LogP contribution in [0.15, 0.2) is 47.2 Å². The Morgan fingerprint density at radius 3 is 2.89 bits per heavy atom. The molecule has 3 aromatic rings. The number of nitrogens with zero attached hydrogens (tertiary/aromatic N) is 2. The zero-order chi connectivity index (χ0) is 18.6. The molecule has 0 spiro atoms. The molecule has 3 heterocycles. The molecule has 0 aliphatic carbocycles. The van der Waals surface area contributed by atoms with Gasteiger partial charge < -0.3 is 10.1 Å². The van der Waals surface area contributed by atoms with E-state index in [1.54, 1.807) is 18.4 Å². The van der Waals surface area contributed by atoms with Crippen LogP contribution in [0.2, 0.25) is 0 Å². The van der Waals surface area contributed by atoms with Crippen LogP contribution in [0.4, 0.5) is 5.13 Å². The summed E-state index contributed by atoms with van der Waals surface area (Å²) in [5, 5.41) is 7.65. The van der Waals surface area contributed by atoms with Gasteiger partial charge in [0.25, 0.3) is 0 Å². The quantitative estimate of drug-likeness (QED) is 0.655. The molecule has 1 N–H and O–H groups in total. The average Bonchev–Trinajstić information content (AvgIpc) is 3.43. The summed E-state index contributed by atoms with van der Waals surface area (Å²) in [7, 11) is 1.65. The number of hydrogen-bond acceptors (Lipinski definition) is 6. The van der Waals surface area contributed by atoms with Crippen molar-refractivity contribution in [3.8, 4) is 17.0 Å². The van der Waals surface area contributed by atoms with Crippen LogP contribution in [0.25, 0.3) is 11.3 Å². The number of anilines is 1. The number of amides is 1. The second-order valence-corrected chi connectivity index (χ2v) is 8.30. The molecular weight excluding hydrogens is 378 g/mol. The highest BCUT2D eigenvalue weighted by molar-refractivity contribution is 7.14. The van der Waals surface area contributed by atoms with Crippen molar-refractivity contribution in [2.75, 3.05) is 25.5 Å². The van der Waals surface area contributed by atoms with Crippen molar-refractivity contribution in [2.24, 2.45) is 0 Å². The molecule has 1 aliphatic heterocycles. The predicted molar refractivity (Wildman–Crippen MR) is 111 cm³/mol. The van der Waals surface area contributed by atoms with Gasteiger partial charge in [-0.1, -0.05) is 6.07 Å². The van der Waals surface area contributed by atoms with Crippen LogP contribution in [-0.2, 0) is 4.79 Å². The lowest BCUT2D eigenvalue weighted by Crippen LogP contribution is -2.32. The van der Waals surface area contributed by atoms with Gasteiger partial charge in [-0.25, -0.2) is 4.98 Å². The van der Waals surface area contributed by atoms with Crippen LogP contribution >= 0.6 is 22.7 Å². The maximum absolute atomic E-state index is 12.5. The zero-order valence-electron chi connectivity index (χ0n) is 15.1. The number of thiazole rings is 1. The van der Waals surface area contributed by atoms with E-state index in [0.29, 0.717) is 17.7 Å². The van der Waals surface area contributed by atoms with E-state index in [4.69, 9.17) is 4.74 Å². The van der Waals surface area contributed by atoms with E-state index in [1.165, 1.54) is 16.2 Å². The molecule has 2 aromatic heterocycles. The van der Waals surface area contributed by atoms with Crippen molar-refractivity contribution in [2.45, 2.75) is 18.9 Å². The SMILES string of the molecule is COc1ccc(-c2csc(NC(=O)CN3CCC[C@@H]3c3cccs3)n2)cc1. The van der Waals surface area contributed by atoms with E-state index in [9.17, 15) is 4.79 Å². The topological polar surface area (TPSA) is 54.5 Å². The highest BCUT2D eigenvalue weighted by Crippen LogP contribution is 2.34. The molecule has 1 aliphatic rings. The Kier molecular flexibility index (Phi) is 5.52. The normalized spacial score (nSPS) is 17.1. The molecule has 1 aromatic carbocycles. The summed E-state index contributed by atoms with van der Waals surface area (Å²) in [5.41, 5.74) is 1.86. The average molecular weight is 400 g/mol. The van der Waals surface area contributed by atoms with Crippen LogP contribution in [0, 0.1) is 0 Å². The minimum Gasteiger partial charge on any atom is -0.497 e. The van der Waals surface area contributed by atoms with Crippen LogP contribution in [-0.4, -0.2) is 36.0 Å². The molecule has 27 heavy (non-hydrogen) atoms. The Morgan fingerprint density at radius 2 is 2.15 bits per heavy atom. The number of carbonyl (C=O) groups is 1. The van der Waals surface area contributed by atoms with E-state index in [1.807, 2.05) is 29.6 Å². The fourth-order valence-electron chi connectivity index (χ4n) is 3.39. The Morgan fingerprint density at radius 1 is 1.30 bits per heavy atom. The van der Waals surface area contributed by atoms with Crippen molar-refractivity contribution in [1.82, 2.24) is 9.88 Å². The number of hydrogen-bond donors (Lipinski definition) is 1. The van der Waals surface area contributed by atoms with Crippen LogP contribution in [0.1, 0.15) is 23.8 Å². The monoisotopic (exact) mass is 399 g/mol. The molecule has 0 unspecified atom stereocenters. The van der Waals surface area contributed by atoms with Gasteiger partial charge in [0.1, 0.15) is 5.75 Å². The maximum Gasteiger partial charge on any atom is 0.240 e. The number of benzene rings is 1. The van der Waals surface area contributed by atoms with Gasteiger partial charge in [0.15, 0.2) is 5.13 Å². The molecule has 1 saturated heterocycles. The molecule has 0 radical (unpaired) electrons. The van der Waals surface area contributed by atoms with Gasteiger partial charge in [0.2, 0.25) is 5.91 Å². The third kappa shape index (κ3) is 4.21. The second-order valence-electron chi connectivity index (χ2n) is 6.46. The lowest BCUT2D eigenvalue weighted by Gasteiger charge is -2.22. The summed E-state index contributed by atoms with van der Waals surface area (Å²) >= 11 is 3.21. The lowest BCUT2D eigenvalue weighted by molar-refractivity contribution is -0.117. The summed E-state index contributed by atoms with van der Waals surface area (Å²) in [6, 6.07) is 12.4. The summed E-state index contributed by atoms with van der Waals surface area (Å²) in [5.74, 6) is 0.808. The standard InChI is InChI=1S/C20H21N3O2S2/c1-25-15-8-6-14(7-9-15)16-13-27-20(21-16)22-19(24)12-23-10-2-4-17(23)18-5-3-11-26-18/h3,5-9,11,13,17H,2,4,10,12H2,1H3,(H,21,22,24)/t17-/m1/s1. The van der Waals surface area contributed by atoms with Gasteiger partial charge in [-0.05, 0) is 55.1 Å². The molecule has 7 heteroatoms. The number of nitrogens with one attached hydrogen (secondary N) is 1. The summed E-state index contributed by atoms with van der Waals surface area (Å²) in [6.45, 7) is 1.37. The van der Waals surface area contributed by atoms with Crippen molar-refractivity contribution in [3.63, 3.8) is 0 Å². The minimum atomic E-state index is -0.00547. The summed E-state index contributed by atoms with van der Waals surface area (Å²) < 4.78 is 5.18. The summed E-state index contributed by atoms with van der Waals surface area (Å²) in [4.78, 5) is 20.7. The Balaban J connectivity index is 1.38. The molecule has 1 amide bonds. The number of methoxy groups -OCH3 is 1. The zero-order valence-corrected chi connectivity index (χ0v) is 16.7. The Bertz CT molecular complexity index is 890. The number of rotatable bonds is 6. The van der Waals surface area contributed by atoms with Crippen molar-refractivity contribution < 1.29 is 9.53 Å². The maximum atomic E-state index is 12.5. The van der Waals surface area contributed by atoms with Crippen LogP contribution in [0.5, 0.6) is 5.75 Å². The van der Waals surface area contributed by atoms with E-state index >= 15 is 0 Å². The first kappa shape index (κ1) is 18.2. The summed E-state index contributed by atoms with van der Waals surface area (Å²) in [6.07, 6.45) is 2.25. The molecular formula is C20H21N3O2S2.